The van der Waals surface area contributed by atoms with Gasteiger partial charge in [-0.05, 0) is 37.9 Å². The van der Waals surface area contributed by atoms with Gasteiger partial charge >= 0.3 is 6.18 Å². The average Bonchev–Trinajstić information content (AvgIpc) is 2.41. The van der Waals surface area contributed by atoms with Crippen LogP contribution in [0.25, 0.3) is 0 Å². The molecular formula is C15H21ClF3NS. The van der Waals surface area contributed by atoms with Crippen LogP contribution < -0.4 is 5.32 Å². The Kier molecular flexibility index (Phi) is 8.52. The Hall–Kier alpha value is -0.390. The van der Waals surface area contributed by atoms with Crippen LogP contribution in [0.15, 0.2) is 29.2 Å². The summed E-state index contributed by atoms with van der Waals surface area (Å²) in [4.78, 5) is 0.971. The summed E-state index contributed by atoms with van der Waals surface area (Å²) in [6, 6.07) is 7.60. The molecule has 0 aromatic heterocycles. The van der Waals surface area contributed by atoms with Gasteiger partial charge in [0, 0.05) is 23.1 Å². The van der Waals surface area contributed by atoms with Gasteiger partial charge in [-0.25, -0.2) is 0 Å². The lowest BCUT2D eigenvalue weighted by atomic mass is 10.1. The molecule has 0 radical (unpaired) electrons. The Morgan fingerprint density at radius 1 is 1.29 bits per heavy atom. The van der Waals surface area contributed by atoms with Crippen LogP contribution in [-0.2, 0) is 0 Å². The van der Waals surface area contributed by atoms with Crippen molar-refractivity contribution in [3.63, 3.8) is 0 Å². The second-order valence-corrected chi connectivity index (χ2v) is 6.37. The summed E-state index contributed by atoms with van der Waals surface area (Å²) in [5, 5.41) is 4.00. The van der Waals surface area contributed by atoms with Crippen LogP contribution in [0, 0.1) is 0 Å². The highest BCUT2D eigenvalue weighted by Gasteiger charge is 2.26. The largest absolute Gasteiger partial charge is 0.389 e. The fourth-order valence-electron chi connectivity index (χ4n) is 1.89. The second-order valence-electron chi connectivity index (χ2n) is 4.90. The van der Waals surface area contributed by atoms with Crippen LogP contribution in [0.5, 0.6) is 0 Å². The molecule has 1 atom stereocenters. The highest BCUT2D eigenvalue weighted by atomic mass is 35.5. The lowest BCUT2D eigenvalue weighted by Crippen LogP contribution is -2.32. The maximum atomic E-state index is 12.2. The minimum Gasteiger partial charge on any atom is -0.313 e. The minimum atomic E-state index is -4.06. The van der Waals surface area contributed by atoms with Crippen molar-refractivity contribution < 1.29 is 13.2 Å². The van der Waals surface area contributed by atoms with Gasteiger partial charge in [0.2, 0.25) is 0 Å². The summed E-state index contributed by atoms with van der Waals surface area (Å²) in [5.74, 6) is 0.724. The molecule has 0 saturated carbocycles. The third kappa shape index (κ3) is 8.59. The van der Waals surface area contributed by atoms with Gasteiger partial charge in [-0.3, -0.25) is 0 Å². The molecule has 0 bridgehead atoms. The molecule has 0 aliphatic heterocycles. The molecular weight excluding hydrogens is 319 g/mol. The maximum absolute atomic E-state index is 12.2. The molecule has 1 aromatic carbocycles. The van der Waals surface area contributed by atoms with Crippen LogP contribution in [0.1, 0.15) is 32.6 Å². The number of benzene rings is 1. The van der Waals surface area contributed by atoms with Crippen molar-refractivity contribution in [2.75, 3.05) is 12.3 Å². The zero-order chi connectivity index (χ0) is 15.7. The van der Waals surface area contributed by atoms with E-state index < -0.39 is 12.6 Å². The standard InChI is InChI=1S/C15H21ClF3NS/c1-2-10-20-12(6-5-9-15(17,18)19)11-21-14-8-4-3-7-13(14)16/h3-4,7-8,12,20H,2,5-6,9-11H2,1H3. The van der Waals surface area contributed by atoms with E-state index in [1.165, 1.54) is 0 Å². The Morgan fingerprint density at radius 3 is 2.62 bits per heavy atom. The predicted molar refractivity (Wildman–Crippen MR) is 84.2 cm³/mol. The van der Waals surface area contributed by atoms with Gasteiger partial charge < -0.3 is 5.32 Å². The van der Waals surface area contributed by atoms with Crippen molar-refractivity contribution in [3.8, 4) is 0 Å². The number of nitrogens with one attached hydrogen (secondary N) is 1. The Morgan fingerprint density at radius 2 is 2.00 bits per heavy atom. The van der Waals surface area contributed by atoms with E-state index in [-0.39, 0.29) is 12.5 Å². The molecule has 0 spiro atoms. The van der Waals surface area contributed by atoms with Gasteiger partial charge in [-0.15, -0.1) is 11.8 Å². The van der Waals surface area contributed by atoms with E-state index in [9.17, 15) is 13.2 Å². The summed E-state index contributed by atoms with van der Waals surface area (Å²) in [7, 11) is 0. The van der Waals surface area contributed by atoms with Gasteiger partial charge in [0.05, 0.1) is 5.02 Å². The number of hydrogen-bond acceptors (Lipinski definition) is 2. The van der Waals surface area contributed by atoms with Gasteiger partial charge in [0.15, 0.2) is 0 Å². The van der Waals surface area contributed by atoms with Crippen molar-refractivity contribution in [1.82, 2.24) is 5.32 Å². The van der Waals surface area contributed by atoms with Crippen molar-refractivity contribution in [2.24, 2.45) is 0 Å². The Balaban J connectivity index is 2.44. The number of alkyl halides is 3. The smallest absolute Gasteiger partial charge is 0.313 e. The van der Waals surface area contributed by atoms with E-state index in [1.807, 2.05) is 31.2 Å². The zero-order valence-corrected chi connectivity index (χ0v) is 13.6. The molecule has 1 N–H and O–H groups in total. The van der Waals surface area contributed by atoms with E-state index in [4.69, 9.17) is 11.6 Å². The molecule has 0 heterocycles. The first-order valence-corrected chi connectivity index (χ1v) is 8.46. The first-order chi connectivity index (χ1) is 9.92. The number of rotatable bonds is 9. The highest BCUT2D eigenvalue weighted by Crippen LogP contribution is 2.28. The summed E-state index contributed by atoms with van der Waals surface area (Å²) in [6.07, 6.45) is -3.13. The number of hydrogen-bond donors (Lipinski definition) is 1. The molecule has 0 aliphatic rings. The third-order valence-corrected chi connectivity index (χ3v) is 4.65. The first-order valence-electron chi connectivity index (χ1n) is 7.10. The molecule has 0 saturated heterocycles. The average molecular weight is 340 g/mol. The number of thioether (sulfide) groups is 1. The lowest BCUT2D eigenvalue weighted by Gasteiger charge is -2.19. The van der Waals surface area contributed by atoms with Gasteiger partial charge in [-0.1, -0.05) is 30.7 Å². The molecule has 1 rings (SSSR count). The SMILES string of the molecule is CCCNC(CCCC(F)(F)F)CSc1ccccc1Cl. The topological polar surface area (TPSA) is 12.0 Å². The fourth-order valence-corrected chi connectivity index (χ4v) is 3.24. The van der Waals surface area contributed by atoms with Gasteiger partial charge in [0.25, 0.3) is 0 Å². The number of halogens is 4. The normalized spacial score (nSPS) is 13.4. The van der Waals surface area contributed by atoms with Crippen LogP contribution in [0.3, 0.4) is 0 Å². The summed E-state index contributed by atoms with van der Waals surface area (Å²) < 4.78 is 36.7. The maximum Gasteiger partial charge on any atom is 0.389 e. The van der Waals surface area contributed by atoms with Crippen molar-refractivity contribution >= 4 is 23.4 Å². The Labute approximate surface area is 133 Å². The monoisotopic (exact) mass is 339 g/mol. The van der Waals surface area contributed by atoms with E-state index in [0.29, 0.717) is 11.4 Å². The van der Waals surface area contributed by atoms with Crippen molar-refractivity contribution in [3.05, 3.63) is 29.3 Å². The molecule has 21 heavy (non-hydrogen) atoms. The van der Waals surface area contributed by atoms with Crippen molar-refractivity contribution in [2.45, 2.75) is 49.7 Å². The van der Waals surface area contributed by atoms with E-state index in [2.05, 4.69) is 5.32 Å². The highest BCUT2D eigenvalue weighted by molar-refractivity contribution is 7.99. The molecule has 0 fully saturated rings. The van der Waals surface area contributed by atoms with Crippen LogP contribution >= 0.6 is 23.4 Å². The Bertz CT molecular complexity index is 412. The minimum absolute atomic E-state index is 0.0774. The van der Waals surface area contributed by atoms with Gasteiger partial charge in [0.1, 0.15) is 0 Å². The van der Waals surface area contributed by atoms with Gasteiger partial charge in [-0.2, -0.15) is 13.2 Å². The summed E-state index contributed by atoms with van der Waals surface area (Å²) in [5.41, 5.74) is 0. The van der Waals surface area contributed by atoms with Crippen molar-refractivity contribution in [1.29, 1.82) is 0 Å². The molecule has 0 amide bonds. The quantitative estimate of drug-likeness (QED) is 0.593. The first kappa shape index (κ1) is 18.7. The molecule has 1 nitrogen and oxygen atoms in total. The summed E-state index contributed by atoms with van der Waals surface area (Å²) >= 11 is 7.67. The molecule has 120 valence electrons. The van der Waals surface area contributed by atoms with Crippen LogP contribution in [0.4, 0.5) is 13.2 Å². The third-order valence-electron chi connectivity index (χ3n) is 2.97. The molecule has 1 aromatic rings. The second kappa shape index (κ2) is 9.59. The molecule has 0 aliphatic carbocycles. The van der Waals surface area contributed by atoms with E-state index in [0.717, 1.165) is 23.6 Å². The zero-order valence-electron chi connectivity index (χ0n) is 12.0. The predicted octanol–water partition coefficient (Wildman–Crippen LogP) is 5.53. The fraction of sp³-hybridized carbons (Fsp3) is 0.600. The lowest BCUT2D eigenvalue weighted by molar-refractivity contribution is -0.135. The summed E-state index contributed by atoms with van der Waals surface area (Å²) in [6.45, 7) is 2.86. The van der Waals surface area contributed by atoms with E-state index in [1.54, 1.807) is 11.8 Å². The van der Waals surface area contributed by atoms with Crippen LogP contribution in [-0.4, -0.2) is 24.5 Å². The van der Waals surface area contributed by atoms with E-state index >= 15 is 0 Å². The molecule has 1 unspecified atom stereocenters. The molecule has 6 heteroatoms. The van der Waals surface area contributed by atoms with Crippen LogP contribution in [0.2, 0.25) is 5.02 Å².